The van der Waals surface area contributed by atoms with Crippen molar-refractivity contribution in [1.82, 2.24) is 16.0 Å². The van der Waals surface area contributed by atoms with Crippen LogP contribution in [0, 0.1) is 11.8 Å². The first kappa shape index (κ1) is 21.0. The summed E-state index contributed by atoms with van der Waals surface area (Å²) in [5.74, 6) is 1.89. The Morgan fingerprint density at radius 1 is 1.15 bits per heavy atom. The van der Waals surface area contributed by atoms with E-state index in [1.54, 1.807) is 0 Å². The second-order valence-electron chi connectivity index (χ2n) is 7.12. The molecule has 7 nitrogen and oxygen atoms in total. The molecular formula is C19H36N4O3. The zero-order valence-electron chi connectivity index (χ0n) is 16.2. The third-order valence-electron chi connectivity index (χ3n) is 4.86. The van der Waals surface area contributed by atoms with Crippen molar-refractivity contribution in [3.05, 3.63) is 0 Å². The quantitative estimate of drug-likeness (QED) is 0.275. The molecule has 2 aliphatic rings. The van der Waals surface area contributed by atoms with Crippen LogP contribution < -0.4 is 16.0 Å². The van der Waals surface area contributed by atoms with E-state index in [0.717, 1.165) is 77.6 Å². The lowest BCUT2D eigenvalue weighted by molar-refractivity contribution is -0.127. The molecule has 1 saturated carbocycles. The van der Waals surface area contributed by atoms with E-state index in [1.165, 1.54) is 6.42 Å². The summed E-state index contributed by atoms with van der Waals surface area (Å²) in [4.78, 5) is 16.3. The minimum absolute atomic E-state index is 0.217. The Labute approximate surface area is 157 Å². The highest BCUT2D eigenvalue weighted by molar-refractivity contribution is 5.80. The van der Waals surface area contributed by atoms with Gasteiger partial charge < -0.3 is 25.4 Å². The van der Waals surface area contributed by atoms with Gasteiger partial charge in [0.2, 0.25) is 5.91 Å². The standard InChI is InChI=1S/C19H36N4O3/c1-2-20-19(22-10-4-9-21-18(24)17-6-3-7-17)23-11-5-12-25-14-16-8-13-26-15-16/h16-17H,2-15H2,1H3,(H,21,24)(H2,20,22,23). The molecule has 0 aromatic carbocycles. The first-order chi connectivity index (χ1) is 12.8. The van der Waals surface area contributed by atoms with E-state index in [-0.39, 0.29) is 11.8 Å². The molecule has 1 heterocycles. The number of carbonyl (C=O) groups is 1. The van der Waals surface area contributed by atoms with Crippen LogP contribution in [0.4, 0.5) is 0 Å². The molecule has 1 atom stereocenters. The Balaban J connectivity index is 1.47. The minimum atomic E-state index is 0.217. The summed E-state index contributed by atoms with van der Waals surface area (Å²) in [5.41, 5.74) is 0. The molecule has 0 radical (unpaired) electrons. The number of amides is 1. The van der Waals surface area contributed by atoms with Gasteiger partial charge >= 0.3 is 0 Å². The van der Waals surface area contributed by atoms with Gasteiger partial charge in [0.15, 0.2) is 5.96 Å². The number of hydrogen-bond donors (Lipinski definition) is 3. The van der Waals surface area contributed by atoms with E-state index in [4.69, 9.17) is 9.47 Å². The van der Waals surface area contributed by atoms with Crippen molar-refractivity contribution in [3.8, 4) is 0 Å². The molecule has 1 saturated heterocycles. The second kappa shape index (κ2) is 12.9. The molecule has 2 fully saturated rings. The number of ether oxygens (including phenoxy) is 2. The van der Waals surface area contributed by atoms with Crippen LogP contribution in [0.3, 0.4) is 0 Å². The Kier molecular flexibility index (Phi) is 10.4. The van der Waals surface area contributed by atoms with Crippen LogP contribution in [0.1, 0.15) is 45.4 Å². The molecule has 2 rings (SSSR count). The molecule has 0 aromatic heterocycles. The van der Waals surface area contributed by atoms with Crippen LogP contribution in [0.15, 0.2) is 4.99 Å². The van der Waals surface area contributed by atoms with Crippen molar-refractivity contribution in [2.45, 2.75) is 45.4 Å². The molecule has 1 aliphatic heterocycles. The number of nitrogens with zero attached hydrogens (tertiary/aromatic N) is 1. The van der Waals surface area contributed by atoms with Gasteiger partial charge in [-0.3, -0.25) is 9.79 Å². The van der Waals surface area contributed by atoms with Gasteiger partial charge in [-0.05, 0) is 39.0 Å². The first-order valence-corrected chi connectivity index (χ1v) is 10.2. The molecule has 0 spiro atoms. The Morgan fingerprint density at radius 2 is 2.00 bits per heavy atom. The monoisotopic (exact) mass is 368 g/mol. The summed E-state index contributed by atoms with van der Waals surface area (Å²) >= 11 is 0. The van der Waals surface area contributed by atoms with Gasteiger partial charge in [0.1, 0.15) is 0 Å². The summed E-state index contributed by atoms with van der Waals surface area (Å²) in [6.45, 7) is 8.43. The normalized spacial score (nSPS) is 20.7. The summed E-state index contributed by atoms with van der Waals surface area (Å²) in [6, 6.07) is 0. The van der Waals surface area contributed by atoms with Crippen LogP contribution >= 0.6 is 0 Å². The highest BCUT2D eigenvalue weighted by atomic mass is 16.5. The number of hydrogen-bond acceptors (Lipinski definition) is 4. The van der Waals surface area contributed by atoms with Gasteiger partial charge in [-0.1, -0.05) is 6.42 Å². The largest absolute Gasteiger partial charge is 0.381 e. The molecular weight excluding hydrogens is 332 g/mol. The molecule has 150 valence electrons. The van der Waals surface area contributed by atoms with Gasteiger partial charge in [0, 0.05) is 51.2 Å². The van der Waals surface area contributed by atoms with Gasteiger partial charge in [0.25, 0.3) is 0 Å². The van der Waals surface area contributed by atoms with Crippen molar-refractivity contribution in [2.24, 2.45) is 16.8 Å². The summed E-state index contributed by atoms with van der Waals surface area (Å²) in [5, 5.41) is 9.59. The maximum absolute atomic E-state index is 11.7. The lowest BCUT2D eigenvalue weighted by Gasteiger charge is -2.23. The third kappa shape index (κ3) is 8.36. The molecule has 1 amide bonds. The molecule has 7 heteroatoms. The maximum Gasteiger partial charge on any atom is 0.223 e. The van der Waals surface area contributed by atoms with Crippen LogP contribution in [-0.2, 0) is 14.3 Å². The average Bonchev–Trinajstić information content (AvgIpc) is 3.09. The summed E-state index contributed by atoms with van der Waals surface area (Å²) < 4.78 is 11.0. The fourth-order valence-electron chi connectivity index (χ4n) is 2.98. The highest BCUT2D eigenvalue weighted by Crippen LogP contribution is 2.25. The third-order valence-corrected chi connectivity index (χ3v) is 4.86. The van der Waals surface area contributed by atoms with Crippen molar-refractivity contribution in [1.29, 1.82) is 0 Å². The second-order valence-corrected chi connectivity index (χ2v) is 7.12. The topological polar surface area (TPSA) is 84.0 Å². The Bertz CT molecular complexity index is 421. The van der Waals surface area contributed by atoms with Crippen LogP contribution in [0.25, 0.3) is 0 Å². The Hall–Kier alpha value is -1.34. The molecule has 26 heavy (non-hydrogen) atoms. The average molecular weight is 369 g/mol. The van der Waals surface area contributed by atoms with Gasteiger partial charge in [0.05, 0.1) is 13.2 Å². The van der Waals surface area contributed by atoms with Crippen molar-refractivity contribution in [2.75, 3.05) is 52.6 Å². The number of carbonyl (C=O) groups excluding carboxylic acids is 1. The van der Waals surface area contributed by atoms with Crippen LogP contribution in [0.2, 0.25) is 0 Å². The molecule has 1 unspecified atom stereocenters. The minimum Gasteiger partial charge on any atom is -0.381 e. The predicted octanol–water partition coefficient (Wildman–Crippen LogP) is 1.29. The molecule has 0 bridgehead atoms. The predicted molar refractivity (Wildman–Crippen MR) is 103 cm³/mol. The first-order valence-electron chi connectivity index (χ1n) is 10.2. The van der Waals surface area contributed by atoms with E-state index < -0.39 is 0 Å². The highest BCUT2D eigenvalue weighted by Gasteiger charge is 2.24. The van der Waals surface area contributed by atoms with Crippen molar-refractivity contribution < 1.29 is 14.3 Å². The molecule has 3 N–H and O–H groups in total. The number of aliphatic imine (C=N–C) groups is 1. The summed E-state index contributed by atoms with van der Waals surface area (Å²) in [7, 11) is 0. The van der Waals surface area contributed by atoms with Crippen molar-refractivity contribution >= 4 is 11.9 Å². The smallest absolute Gasteiger partial charge is 0.223 e. The molecule has 0 aromatic rings. The van der Waals surface area contributed by atoms with E-state index in [1.807, 2.05) is 0 Å². The zero-order chi connectivity index (χ0) is 18.5. The number of nitrogens with one attached hydrogen (secondary N) is 3. The zero-order valence-corrected chi connectivity index (χ0v) is 16.2. The van der Waals surface area contributed by atoms with Crippen LogP contribution in [0.5, 0.6) is 0 Å². The van der Waals surface area contributed by atoms with Crippen molar-refractivity contribution in [3.63, 3.8) is 0 Å². The number of guanidine groups is 1. The van der Waals surface area contributed by atoms with Gasteiger partial charge in [-0.15, -0.1) is 0 Å². The lowest BCUT2D eigenvalue weighted by Crippen LogP contribution is -2.38. The van der Waals surface area contributed by atoms with Gasteiger partial charge in [-0.25, -0.2) is 0 Å². The molecule has 1 aliphatic carbocycles. The van der Waals surface area contributed by atoms with E-state index in [9.17, 15) is 4.79 Å². The lowest BCUT2D eigenvalue weighted by atomic mass is 9.85. The Morgan fingerprint density at radius 3 is 2.69 bits per heavy atom. The summed E-state index contributed by atoms with van der Waals surface area (Å²) in [6.07, 6.45) is 6.24. The fourth-order valence-corrected chi connectivity index (χ4v) is 2.98. The fraction of sp³-hybridized carbons (Fsp3) is 0.895. The van der Waals surface area contributed by atoms with Crippen LogP contribution in [-0.4, -0.2) is 64.5 Å². The van der Waals surface area contributed by atoms with E-state index in [2.05, 4.69) is 27.9 Å². The number of rotatable bonds is 12. The van der Waals surface area contributed by atoms with E-state index in [0.29, 0.717) is 19.0 Å². The SMILES string of the molecule is CCNC(=NCCCNC(=O)C1CCC1)NCCCOCC1CCOC1. The van der Waals surface area contributed by atoms with E-state index >= 15 is 0 Å². The maximum atomic E-state index is 11.7. The van der Waals surface area contributed by atoms with Gasteiger partial charge in [-0.2, -0.15) is 0 Å².